The lowest BCUT2D eigenvalue weighted by atomic mass is 10.2. The number of carbonyl (C=O) groups excluding carboxylic acids is 2. The Morgan fingerprint density at radius 2 is 1.70 bits per heavy atom. The molecular weight excluding hydrogens is 430 g/mol. The summed E-state index contributed by atoms with van der Waals surface area (Å²) in [5.74, 6) is -0.781. The third-order valence-electron chi connectivity index (χ3n) is 4.16. The van der Waals surface area contributed by atoms with E-state index in [2.05, 4.69) is 10.6 Å². The minimum Gasteiger partial charge on any atom is -0.459 e. The van der Waals surface area contributed by atoms with E-state index in [0.717, 1.165) is 11.3 Å². The zero-order valence-corrected chi connectivity index (χ0v) is 16.6. The van der Waals surface area contributed by atoms with Gasteiger partial charge in [-0.2, -0.15) is 0 Å². The smallest absolute Gasteiger partial charge is 0.291 e. The second kappa shape index (κ2) is 7.97. The molecule has 0 aliphatic carbocycles. The number of hydrogen-bond donors (Lipinski definition) is 2. The molecule has 0 unspecified atom stereocenters. The van der Waals surface area contributed by atoms with Crippen molar-refractivity contribution in [2.45, 2.75) is 0 Å². The number of carbonyl (C=O) groups is 2. The Kier molecular flexibility index (Phi) is 5.21. The quantitative estimate of drug-likeness (QED) is 0.311. The van der Waals surface area contributed by atoms with E-state index in [1.54, 1.807) is 36.4 Å². The molecule has 0 aliphatic heterocycles. The number of nitrogens with zero attached hydrogens (tertiary/aromatic N) is 1. The standard InChI is InChI=1S/C20H12ClN3O5S/c21-16-13-6-2-7-14(24(27)28)17(13)30-18(16)20(26)23-12-5-1-4-11(10-12)22-19(25)15-8-3-9-29-15/h1-10H,(H,22,25)(H,23,26). The maximum absolute atomic E-state index is 12.7. The van der Waals surface area contributed by atoms with Gasteiger partial charge in [0, 0.05) is 22.8 Å². The van der Waals surface area contributed by atoms with E-state index in [-0.39, 0.29) is 21.3 Å². The molecule has 2 aromatic heterocycles. The Morgan fingerprint density at radius 3 is 2.37 bits per heavy atom. The number of halogens is 1. The van der Waals surface area contributed by atoms with Crippen molar-refractivity contribution in [1.29, 1.82) is 0 Å². The van der Waals surface area contributed by atoms with Gasteiger partial charge in [0.25, 0.3) is 17.5 Å². The van der Waals surface area contributed by atoms with Crippen LogP contribution in [0.25, 0.3) is 10.1 Å². The molecule has 0 atom stereocenters. The highest BCUT2D eigenvalue weighted by Crippen LogP contribution is 2.40. The second-order valence-electron chi connectivity index (χ2n) is 6.12. The molecule has 4 rings (SSSR count). The molecule has 2 heterocycles. The van der Waals surface area contributed by atoms with Crippen molar-refractivity contribution < 1.29 is 18.9 Å². The van der Waals surface area contributed by atoms with Crippen molar-refractivity contribution in [3.63, 3.8) is 0 Å². The summed E-state index contributed by atoms with van der Waals surface area (Å²) in [6, 6.07) is 14.2. The van der Waals surface area contributed by atoms with Gasteiger partial charge in [-0.25, -0.2) is 0 Å². The van der Waals surface area contributed by atoms with Gasteiger partial charge in [0.1, 0.15) is 9.58 Å². The number of thiophene rings is 1. The van der Waals surface area contributed by atoms with Crippen molar-refractivity contribution in [2.24, 2.45) is 0 Å². The number of nitrogens with one attached hydrogen (secondary N) is 2. The molecule has 8 nitrogen and oxygen atoms in total. The minimum atomic E-state index is -0.512. The highest BCUT2D eigenvalue weighted by Gasteiger charge is 2.23. The van der Waals surface area contributed by atoms with Crippen LogP contribution in [0.4, 0.5) is 17.1 Å². The highest BCUT2D eigenvalue weighted by molar-refractivity contribution is 7.22. The van der Waals surface area contributed by atoms with Crippen molar-refractivity contribution >= 4 is 61.9 Å². The van der Waals surface area contributed by atoms with E-state index >= 15 is 0 Å². The van der Waals surface area contributed by atoms with E-state index < -0.39 is 16.7 Å². The first-order valence-electron chi connectivity index (χ1n) is 8.55. The molecule has 30 heavy (non-hydrogen) atoms. The predicted octanol–water partition coefficient (Wildman–Crippen LogP) is 5.56. The number of nitro groups is 1. The summed E-state index contributed by atoms with van der Waals surface area (Å²) >= 11 is 7.26. The van der Waals surface area contributed by atoms with Gasteiger partial charge in [0.15, 0.2) is 5.76 Å². The molecule has 0 fully saturated rings. The fraction of sp³-hybridized carbons (Fsp3) is 0. The molecular formula is C20H12ClN3O5S. The first-order valence-corrected chi connectivity index (χ1v) is 9.75. The van der Waals surface area contributed by atoms with Crippen LogP contribution in [0.15, 0.2) is 65.3 Å². The average molecular weight is 442 g/mol. The predicted molar refractivity (Wildman–Crippen MR) is 115 cm³/mol. The van der Waals surface area contributed by atoms with Gasteiger partial charge < -0.3 is 15.1 Å². The van der Waals surface area contributed by atoms with Gasteiger partial charge in [-0.3, -0.25) is 19.7 Å². The molecule has 2 aromatic carbocycles. The summed E-state index contributed by atoms with van der Waals surface area (Å²) in [6.07, 6.45) is 1.39. The van der Waals surface area contributed by atoms with Crippen molar-refractivity contribution in [3.05, 3.63) is 86.6 Å². The number of fused-ring (bicyclic) bond motifs is 1. The van der Waals surface area contributed by atoms with E-state index in [1.807, 2.05) is 0 Å². The Hall–Kier alpha value is -3.69. The number of furan rings is 1. The van der Waals surface area contributed by atoms with Gasteiger partial charge in [0.2, 0.25) is 0 Å². The van der Waals surface area contributed by atoms with Crippen LogP contribution in [-0.4, -0.2) is 16.7 Å². The maximum atomic E-state index is 12.7. The van der Waals surface area contributed by atoms with Crippen LogP contribution in [0.1, 0.15) is 20.2 Å². The molecule has 0 saturated heterocycles. The van der Waals surface area contributed by atoms with Crippen LogP contribution in [0, 0.1) is 10.1 Å². The lowest BCUT2D eigenvalue weighted by Crippen LogP contribution is -2.13. The molecule has 0 spiro atoms. The summed E-state index contributed by atoms with van der Waals surface area (Å²) in [6.45, 7) is 0. The van der Waals surface area contributed by atoms with Crippen LogP contribution in [0.3, 0.4) is 0 Å². The van der Waals surface area contributed by atoms with Crippen LogP contribution >= 0.6 is 22.9 Å². The van der Waals surface area contributed by atoms with Gasteiger partial charge in [-0.05, 0) is 30.3 Å². The summed E-state index contributed by atoms with van der Waals surface area (Å²) < 4.78 is 5.38. The zero-order chi connectivity index (χ0) is 21.3. The number of amides is 2. The van der Waals surface area contributed by atoms with E-state index in [4.69, 9.17) is 16.0 Å². The molecule has 2 N–H and O–H groups in total. The highest BCUT2D eigenvalue weighted by atomic mass is 35.5. The lowest BCUT2D eigenvalue weighted by molar-refractivity contribution is -0.382. The summed E-state index contributed by atoms with van der Waals surface area (Å²) in [5, 5.41) is 17.2. The first kappa shape index (κ1) is 19.6. The van der Waals surface area contributed by atoms with Crippen LogP contribution in [0.2, 0.25) is 5.02 Å². The van der Waals surface area contributed by atoms with E-state index in [0.29, 0.717) is 21.5 Å². The molecule has 0 aliphatic rings. The van der Waals surface area contributed by atoms with Gasteiger partial charge in [-0.15, -0.1) is 11.3 Å². The minimum absolute atomic E-state index is 0.110. The molecule has 150 valence electrons. The summed E-state index contributed by atoms with van der Waals surface area (Å²) in [4.78, 5) is 35.7. The number of hydrogen-bond acceptors (Lipinski definition) is 6. The summed E-state index contributed by atoms with van der Waals surface area (Å²) in [7, 11) is 0. The van der Waals surface area contributed by atoms with E-state index in [9.17, 15) is 19.7 Å². The topological polar surface area (TPSA) is 114 Å². The van der Waals surface area contributed by atoms with Gasteiger partial charge in [0.05, 0.1) is 16.2 Å². The van der Waals surface area contributed by atoms with Crippen LogP contribution in [-0.2, 0) is 0 Å². The largest absolute Gasteiger partial charge is 0.459 e. The zero-order valence-electron chi connectivity index (χ0n) is 15.0. The molecule has 4 aromatic rings. The Balaban J connectivity index is 1.57. The second-order valence-corrected chi connectivity index (χ2v) is 7.52. The normalized spacial score (nSPS) is 10.7. The Morgan fingerprint density at radius 1 is 1.00 bits per heavy atom. The van der Waals surface area contributed by atoms with Crippen LogP contribution in [0.5, 0.6) is 0 Å². The fourth-order valence-electron chi connectivity index (χ4n) is 2.83. The third-order valence-corrected chi connectivity index (χ3v) is 5.89. The Bertz CT molecular complexity index is 1280. The monoisotopic (exact) mass is 441 g/mol. The lowest BCUT2D eigenvalue weighted by Gasteiger charge is -2.08. The fourth-order valence-corrected chi connectivity index (χ4v) is 4.32. The number of benzene rings is 2. The summed E-state index contributed by atoms with van der Waals surface area (Å²) in [5.41, 5.74) is 0.758. The van der Waals surface area contributed by atoms with Crippen LogP contribution < -0.4 is 10.6 Å². The van der Waals surface area contributed by atoms with Crippen molar-refractivity contribution in [2.75, 3.05) is 10.6 Å². The average Bonchev–Trinajstić information content (AvgIpc) is 3.37. The van der Waals surface area contributed by atoms with Crippen molar-refractivity contribution in [3.8, 4) is 0 Å². The van der Waals surface area contributed by atoms with Gasteiger partial charge in [-0.1, -0.05) is 29.8 Å². The SMILES string of the molecule is O=C(Nc1cccc(NC(=O)c2sc3c([N+](=O)[O-])cccc3c2Cl)c1)c1ccco1. The van der Waals surface area contributed by atoms with Gasteiger partial charge >= 0.3 is 0 Å². The maximum Gasteiger partial charge on any atom is 0.291 e. The van der Waals surface area contributed by atoms with Crippen molar-refractivity contribution in [1.82, 2.24) is 0 Å². The molecule has 2 amide bonds. The number of anilines is 2. The molecule has 10 heteroatoms. The first-order chi connectivity index (χ1) is 14.4. The van der Waals surface area contributed by atoms with E-state index in [1.165, 1.54) is 24.5 Å². The number of nitro benzene ring substituents is 1. The molecule has 0 bridgehead atoms. The number of rotatable bonds is 5. The molecule has 0 saturated carbocycles. The number of non-ortho nitro benzene ring substituents is 1. The third kappa shape index (κ3) is 3.76. The Labute approximate surface area is 178 Å². The molecule has 0 radical (unpaired) electrons.